The second kappa shape index (κ2) is 3.41. The third-order valence-corrected chi connectivity index (χ3v) is 3.43. The zero-order valence-electron chi connectivity index (χ0n) is 9.60. The number of nitrogens with two attached hydrogens (primary N) is 2. The molecular weight excluding hydrogens is 218 g/mol. The highest BCUT2D eigenvalue weighted by Crippen LogP contribution is 2.30. The fraction of sp³-hybridized carbons (Fsp3) is 0.455. The molecule has 3 rings (SSSR count). The van der Waals surface area contributed by atoms with Crippen LogP contribution in [0.2, 0.25) is 0 Å². The van der Waals surface area contributed by atoms with Crippen LogP contribution >= 0.6 is 0 Å². The van der Waals surface area contributed by atoms with Crippen LogP contribution in [-0.2, 0) is 10.2 Å². The third-order valence-electron chi connectivity index (χ3n) is 3.43. The summed E-state index contributed by atoms with van der Waals surface area (Å²) < 4.78 is 5.42. The van der Waals surface area contributed by atoms with Gasteiger partial charge in [0.05, 0.1) is 24.1 Å². The number of hydrogen-bond donors (Lipinski definition) is 3. The van der Waals surface area contributed by atoms with Crippen molar-refractivity contribution in [3.8, 4) is 0 Å². The van der Waals surface area contributed by atoms with E-state index in [1.165, 1.54) is 0 Å². The Morgan fingerprint density at radius 3 is 3.00 bits per heavy atom. The molecule has 2 atom stereocenters. The Bertz CT molecular complexity index is 566. The number of nitrogen functional groups attached to an aromatic ring is 1. The lowest BCUT2D eigenvalue weighted by Gasteiger charge is -2.23. The van der Waals surface area contributed by atoms with Crippen LogP contribution in [0.5, 0.6) is 0 Å². The molecule has 1 aliphatic heterocycles. The van der Waals surface area contributed by atoms with Crippen LogP contribution in [0.3, 0.4) is 0 Å². The maximum Gasteiger partial charge on any atom is 0.179 e. The maximum absolute atomic E-state index is 6.07. The fourth-order valence-corrected chi connectivity index (χ4v) is 2.11. The van der Waals surface area contributed by atoms with E-state index in [9.17, 15) is 0 Å². The highest BCUT2D eigenvalue weighted by Gasteiger charge is 2.41. The first-order valence-electron chi connectivity index (χ1n) is 5.55. The van der Waals surface area contributed by atoms with Gasteiger partial charge in [-0.3, -0.25) is 0 Å². The SMILES string of the molecule is CC1(c2nc3nc(N)ccc3[nH]2)COCC1N. The summed E-state index contributed by atoms with van der Waals surface area (Å²) in [5.41, 5.74) is 12.9. The predicted molar refractivity (Wildman–Crippen MR) is 64.4 cm³/mol. The van der Waals surface area contributed by atoms with Gasteiger partial charge < -0.3 is 21.2 Å². The molecule has 17 heavy (non-hydrogen) atoms. The molecule has 1 saturated heterocycles. The van der Waals surface area contributed by atoms with Crippen molar-refractivity contribution in [2.45, 2.75) is 18.4 Å². The average Bonchev–Trinajstić information content (AvgIpc) is 2.84. The van der Waals surface area contributed by atoms with E-state index in [4.69, 9.17) is 16.2 Å². The quantitative estimate of drug-likeness (QED) is 0.650. The van der Waals surface area contributed by atoms with E-state index < -0.39 is 0 Å². The molecule has 2 unspecified atom stereocenters. The Balaban J connectivity index is 2.12. The van der Waals surface area contributed by atoms with Gasteiger partial charge >= 0.3 is 0 Å². The van der Waals surface area contributed by atoms with E-state index in [0.29, 0.717) is 24.7 Å². The van der Waals surface area contributed by atoms with E-state index in [1.54, 1.807) is 6.07 Å². The summed E-state index contributed by atoms with van der Waals surface area (Å²) in [5, 5.41) is 0. The fourth-order valence-electron chi connectivity index (χ4n) is 2.11. The van der Waals surface area contributed by atoms with Gasteiger partial charge in [0.15, 0.2) is 5.65 Å². The molecule has 2 aromatic heterocycles. The molecule has 6 heteroatoms. The minimum absolute atomic E-state index is 0.0552. The summed E-state index contributed by atoms with van der Waals surface area (Å²) in [6.07, 6.45) is 0. The van der Waals surface area contributed by atoms with Crippen LogP contribution in [0.4, 0.5) is 5.82 Å². The van der Waals surface area contributed by atoms with Gasteiger partial charge in [-0.05, 0) is 19.1 Å². The summed E-state index contributed by atoms with van der Waals surface area (Å²) in [5.74, 6) is 1.28. The molecule has 0 saturated carbocycles. The summed E-state index contributed by atoms with van der Waals surface area (Å²) in [6, 6.07) is 3.57. The average molecular weight is 233 g/mol. The number of aromatic amines is 1. The molecule has 0 bridgehead atoms. The number of ether oxygens (including phenoxy) is 1. The van der Waals surface area contributed by atoms with Gasteiger partial charge in [0.1, 0.15) is 11.6 Å². The summed E-state index contributed by atoms with van der Waals surface area (Å²) in [6.45, 7) is 3.18. The second-order valence-electron chi connectivity index (χ2n) is 4.73. The van der Waals surface area contributed by atoms with E-state index in [2.05, 4.69) is 15.0 Å². The van der Waals surface area contributed by atoms with Gasteiger partial charge in [0, 0.05) is 6.04 Å². The molecule has 6 nitrogen and oxygen atoms in total. The minimum Gasteiger partial charge on any atom is -0.384 e. The van der Waals surface area contributed by atoms with Gasteiger partial charge in [0.2, 0.25) is 0 Å². The molecule has 2 aromatic rings. The number of imidazole rings is 1. The molecule has 0 aliphatic carbocycles. The summed E-state index contributed by atoms with van der Waals surface area (Å²) in [7, 11) is 0. The molecule has 0 radical (unpaired) electrons. The second-order valence-corrected chi connectivity index (χ2v) is 4.73. The largest absolute Gasteiger partial charge is 0.384 e. The normalized spacial score (nSPS) is 28.9. The first-order valence-corrected chi connectivity index (χ1v) is 5.55. The van der Waals surface area contributed by atoms with Crippen LogP contribution in [-0.4, -0.2) is 34.2 Å². The van der Waals surface area contributed by atoms with Gasteiger partial charge in [-0.15, -0.1) is 0 Å². The lowest BCUT2D eigenvalue weighted by molar-refractivity contribution is 0.178. The van der Waals surface area contributed by atoms with Crippen molar-refractivity contribution in [2.75, 3.05) is 18.9 Å². The molecule has 0 spiro atoms. The Morgan fingerprint density at radius 1 is 1.47 bits per heavy atom. The number of nitrogens with one attached hydrogen (secondary N) is 1. The Morgan fingerprint density at radius 2 is 2.29 bits per heavy atom. The van der Waals surface area contributed by atoms with Gasteiger partial charge in [-0.1, -0.05) is 0 Å². The van der Waals surface area contributed by atoms with E-state index >= 15 is 0 Å². The number of rotatable bonds is 1. The molecule has 0 aromatic carbocycles. The van der Waals surface area contributed by atoms with Crippen LogP contribution < -0.4 is 11.5 Å². The summed E-state index contributed by atoms with van der Waals surface area (Å²) in [4.78, 5) is 11.9. The molecule has 90 valence electrons. The maximum atomic E-state index is 6.07. The number of hydrogen-bond acceptors (Lipinski definition) is 5. The first kappa shape index (κ1) is 10.5. The molecule has 0 amide bonds. The van der Waals surface area contributed by atoms with Gasteiger partial charge in [-0.2, -0.15) is 0 Å². The Labute approximate surface area is 98.4 Å². The smallest absolute Gasteiger partial charge is 0.179 e. The standard InChI is InChI=1S/C11H15N5O/c1-11(5-17-4-7(11)12)10-14-6-2-3-8(13)15-9(6)16-10/h2-3,7H,4-5,12H2,1H3,(H3,13,14,15,16). The number of nitrogens with zero attached hydrogens (tertiary/aromatic N) is 2. The topological polar surface area (TPSA) is 103 Å². The van der Waals surface area contributed by atoms with Crippen molar-refractivity contribution < 1.29 is 4.74 Å². The molecular formula is C11H15N5O. The highest BCUT2D eigenvalue weighted by molar-refractivity contribution is 5.72. The molecule has 1 fully saturated rings. The van der Waals surface area contributed by atoms with Gasteiger partial charge in [-0.25, -0.2) is 9.97 Å². The van der Waals surface area contributed by atoms with Crippen LogP contribution in [0.15, 0.2) is 12.1 Å². The number of aromatic nitrogens is 3. The van der Waals surface area contributed by atoms with Crippen molar-refractivity contribution >= 4 is 17.0 Å². The molecule has 1 aliphatic rings. The summed E-state index contributed by atoms with van der Waals surface area (Å²) >= 11 is 0. The zero-order chi connectivity index (χ0) is 12.0. The van der Waals surface area contributed by atoms with Crippen LogP contribution in [0, 0.1) is 0 Å². The highest BCUT2D eigenvalue weighted by atomic mass is 16.5. The van der Waals surface area contributed by atoms with E-state index in [1.807, 2.05) is 13.0 Å². The zero-order valence-corrected chi connectivity index (χ0v) is 9.60. The van der Waals surface area contributed by atoms with Crippen LogP contribution in [0.1, 0.15) is 12.7 Å². The first-order chi connectivity index (χ1) is 8.09. The Hall–Kier alpha value is -1.66. The number of fused-ring (bicyclic) bond motifs is 1. The lowest BCUT2D eigenvalue weighted by atomic mass is 9.85. The van der Waals surface area contributed by atoms with Crippen molar-refractivity contribution in [3.05, 3.63) is 18.0 Å². The minimum atomic E-state index is -0.282. The predicted octanol–water partition coefficient (Wildman–Crippen LogP) is 0.155. The monoisotopic (exact) mass is 233 g/mol. The molecule has 3 heterocycles. The van der Waals surface area contributed by atoms with Crippen molar-refractivity contribution in [1.29, 1.82) is 0 Å². The molecule has 5 N–H and O–H groups in total. The van der Waals surface area contributed by atoms with Crippen molar-refractivity contribution in [3.63, 3.8) is 0 Å². The lowest BCUT2D eigenvalue weighted by Crippen LogP contribution is -2.42. The Kier molecular flexibility index (Phi) is 2.11. The van der Waals surface area contributed by atoms with Crippen molar-refractivity contribution in [2.24, 2.45) is 5.73 Å². The van der Waals surface area contributed by atoms with E-state index in [-0.39, 0.29) is 11.5 Å². The van der Waals surface area contributed by atoms with E-state index in [0.717, 1.165) is 11.3 Å². The van der Waals surface area contributed by atoms with Gasteiger partial charge in [0.25, 0.3) is 0 Å². The van der Waals surface area contributed by atoms with Crippen molar-refractivity contribution in [1.82, 2.24) is 15.0 Å². The third kappa shape index (κ3) is 1.49. The van der Waals surface area contributed by atoms with Crippen LogP contribution in [0.25, 0.3) is 11.2 Å². The number of pyridine rings is 1. The number of H-pyrrole nitrogens is 1. The number of anilines is 1.